The molecule has 0 saturated carbocycles. The van der Waals surface area contributed by atoms with Crippen LogP contribution in [0.2, 0.25) is 0 Å². The highest BCUT2D eigenvalue weighted by Crippen LogP contribution is 2.16. The largest absolute Gasteiger partial charge is 0.494 e. The van der Waals surface area contributed by atoms with E-state index in [-0.39, 0.29) is 24.0 Å². The maximum Gasteiger partial charge on any atom is 0.253 e. The SMILES string of the molecule is CCOc1ccc(CN(C)C(=O)c2cccc(S(=O)(=O)NCCOC)c2)cc1. The van der Waals surface area contributed by atoms with E-state index < -0.39 is 10.0 Å². The van der Waals surface area contributed by atoms with Crippen LogP contribution in [0.25, 0.3) is 0 Å². The summed E-state index contributed by atoms with van der Waals surface area (Å²) in [6.45, 7) is 3.34. The van der Waals surface area contributed by atoms with Crippen molar-refractivity contribution in [1.82, 2.24) is 9.62 Å². The number of rotatable bonds is 10. The summed E-state index contributed by atoms with van der Waals surface area (Å²) in [7, 11) is -0.527. The first-order valence-electron chi connectivity index (χ1n) is 8.93. The van der Waals surface area contributed by atoms with Gasteiger partial charge in [0.1, 0.15) is 5.75 Å². The summed E-state index contributed by atoms with van der Waals surface area (Å²) in [6.07, 6.45) is 0. The molecular weight excluding hydrogens is 380 g/mol. The minimum absolute atomic E-state index is 0.0453. The molecule has 28 heavy (non-hydrogen) atoms. The molecule has 8 heteroatoms. The molecule has 152 valence electrons. The molecule has 0 saturated heterocycles. The quantitative estimate of drug-likeness (QED) is 0.612. The molecule has 0 atom stereocenters. The lowest BCUT2D eigenvalue weighted by Gasteiger charge is -2.18. The van der Waals surface area contributed by atoms with Crippen molar-refractivity contribution in [3.8, 4) is 5.75 Å². The van der Waals surface area contributed by atoms with E-state index in [1.165, 1.54) is 19.2 Å². The van der Waals surface area contributed by atoms with Gasteiger partial charge in [-0.25, -0.2) is 13.1 Å². The van der Waals surface area contributed by atoms with E-state index in [0.717, 1.165) is 11.3 Å². The van der Waals surface area contributed by atoms with Crippen LogP contribution >= 0.6 is 0 Å². The van der Waals surface area contributed by atoms with Crippen molar-refractivity contribution in [3.05, 3.63) is 59.7 Å². The van der Waals surface area contributed by atoms with Gasteiger partial charge in [0, 0.05) is 32.8 Å². The van der Waals surface area contributed by atoms with Gasteiger partial charge in [0.15, 0.2) is 0 Å². The van der Waals surface area contributed by atoms with Crippen molar-refractivity contribution in [3.63, 3.8) is 0 Å². The summed E-state index contributed by atoms with van der Waals surface area (Å²) >= 11 is 0. The fourth-order valence-corrected chi connectivity index (χ4v) is 3.64. The standard InChI is InChI=1S/C20H26N2O5S/c1-4-27-18-10-8-16(9-11-18)15-22(2)20(23)17-6-5-7-19(14-17)28(24,25)21-12-13-26-3/h5-11,14,21H,4,12-13,15H2,1-3H3. The number of sulfonamides is 1. The molecule has 1 N–H and O–H groups in total. The van der Waals surface area contributed by atoms with E-state index in [1.54, 1.807) is 24.1 Å². The van der Waals surface area contributed by atoms with Gasteiger partial charge in [-0.1, -0.05) is 18.2 Å². The molecule has 1 amide bonds. The van der Waals surface area contributed by atoms with E-state index in [4.69, 9.17) is 9.47 Å². The predicted octanol–water partition coefficient (Wildman–Crippen LogP) is 2.28. The average Bonchev–Trinajstić information content (AvgIpc) is 2.69. The van der Waals surface area contributed by atoms with Gasteiger partial charge in [0.2, 0.25) is 10.0 Å². The van der Waals surface area contributed by atoms with Crippen LogP contribution in [-0.2, 0) is 21.3 Å². The highest BCUT2D eigenvalue weighted by Gasteiger charge is 2.18. The Morgan fingerprint density at radius 2 is 1.86 bits per heavy atom. The van der Waals surface area contributed by atoms with Crippen LogP contribution in [0.15, 0.2) is 53.4 Å². The smallest absolute Gasteiger partial charge is 0.253 e. The monoisotopic (exact) mass is 406 g/mol. The molecule has 0 fully saturated rings. The van der Waals surface area contributed by atoms with Crippen LogP contribution < -0.4 is 9.46 Å². The van der Waals surface area contributed by atoms with Crippen LogP contribution in [0.5, 0.6) is 5.75 Å². The van der Waals surface area contributed by atoms with Crippen LogP contribution in [0, 0.1) is 0 Å². The van der Waals surface area contributed by atoms with Crippen molar-refractivity contribution in [2.75, 3.05) is 33.9 Å². The molecule has 7 nitrogen and oxygen atoms in total. The first-order valence-corrected chi connectivity index (χ1v) is 10.4. The maximum absolute atomic E-state index is 12.7. The van der Waals surface area contributed by atoms with Crippen LogP contribution in [0.4, 0.5) is 0 Å². The minimum Gasteiger partial charge on any atom is -0.494 e. The van der Waals surface area contributed by atoms with Gasteiger partial charge in [-0.2, -0.15) is 0 Å². The lowest BCUT2D eigenvalue weighted by molar-refractivity contribution is 0.0785. The van der Waals surface area contributed by atoms with Gasteiger partial charge < -0.3 is 14.4 Å². The number of benzene rings is 2. The van der Waals surface area contributed by atoms with E-state index in [1.807, 2.05) is 31.2 Å². The molecule has 0 aromatic heterocycles. The van der Waals surface area contributed by atoms with Gasteiger partial charge >= 0.3 is 0 Å². The van der Waals surface area contributed by atoms with Crippen LogP contribution in [0.3, 0.4) is 0 Å². The number of methoxy groups -OCH3 is 1. The summed E-state index contributed by atoms with van der Waals surface area (Å²) < 4.78 is 37.3. The normalized spacial score (nSPS) is 11.2. The Morgan fingerprint density at radius 1 is 1.14 bits per heavy atom. The molecule has 0 radical (unpaired) electrons. The average molecular weight is 407 g/mol. The van der Waals surface area contributed by atoms with Crippen molar-refractivity contribution in [2.24, 2.45) is 0 Å². The minimum atomic E-state index is -3.70. The number of nitrogens with one attached hydrogen (secondary N) is 1. The fraction of sp³-hybridized carbons (Fsp3) is 0.350. The van der Waals surface area contributed by atoms with Crippen molar-refractivity contribution in [2.45, 2.75) is 18.4 Å². The summed E-state index contributed by atoms with van der Waals surface area (Å²) in [4.78, 5) is 14.3. The number of carbonyl (C=O) groups is 1. The number of hydrogen-bond donors (Lipinski definition) is 1. The highest BCUT2D eigenvalue weighted by atomic mass is 32.2. The van der Waals surface area contributed by atoms with Gasteiger partial charge in [-0.3, -0.25) is 4.79 Å². The first-order chi connectivity index (χ1) is 13.4. The first kappa shape index (κ1) is 21.9. The number of amides is 1. The summed E-state index contributed by atoms with van der Waals surface area (Å²) in [5.74, 6) is 0.516. The second kappa shape index (κ2) is 10.2. The topological polar surface area (TPSA) is 84.9 Å². The zero-order valence-corrected chi connectivity index (χ0v) is 17.2. The summed E-state index contributed by atoms with van der Waals surface area (Å²) in [5.41, 5.74) is 1.26. The molecule has 2 aromatic rings. The summed E-state index contributed by atoms with van der Waals surface area (Å²) in [5, 5.41) is 0. The number of carbonyl (C=O) groups excluding carboxylic acids is 1. The number of hydrogen-bond acceptors (Lipinski definition) is 5. The molecule has 2 aromatic carbocycles. The van der Waals surface area contributed by atoms with E-state index in [2.05, 4.69) is 4.72 Å². The Labute approximate surface area is 166 Å². The lowest BCUT2D eigenvalue weighted by atomic mass is 10.1. The van der Waals surface area contributed by atoms with Gasteiger partial charge in [0.25, 0.3) is 5.91 Å². The lowest BCUT2D eigenvalue weighted by Crippen LogP contribution is -2.28. The molecule has 0 aliphatic carbocycles. The fourth-order valence-electron chi connectivity index (χ4n) is 2.58. The Hall–Kier alpha value is -2.42. The van der Waals surface area contributed by atoms with Crippen LogP contribution in [0.1, 0.15) is 22.8 Å². The third kappa shape index (κ3) is 6.05. The molecule has 0 unspecified atom stereocenters. The molecular formula is C20H26N2O5S. The second-order valence-electron chi connectivity index (χ2n) is 6.16. The number of ether oxygens (including phenoxy) is 2. The van der Waals surface area contributed by atoms with Gasteiger partial charge in [-0.05, 0) is 42.8 Å². The Morgan fingerprint density at radius 3 is 2.50 bits per heavy atom. The Bertz CT molecular complexity index is 882. The zero-order valence-electron chi connectivity index (χ0n) is 16.3. The predicted molar refractivity (Wildman–Crippen MR) is 107 cm³/mol. The molecule has 0 bridgehead atoms. The maximum atomic E-state index is 12.7. The van der Waals surface area contributed by atoms with E-state index in [0.29, 0.717) is 18.7 Å². The Kier molecular flexibility index (Phi) is 7.98. The number of nitrogens with zero attached hydrogens (tertiary/aromatic N) is 1. The third-order valence-electron chi connectivity index (χ3n) is 3.99. The summed E-state index contributed by atoms with van der Waals surface area (Å²) in [6, 6.07) is 13.5. The molecule has 0 aliphatic heterocycles. The van der Waals surface area contributed by atoms with Crippen molar-refractivity contribution < 1.29 is 22.7 Å². The molecule has 0 spiro atoms. The van der Waals surface area contributed by atoms with Gasteiger partial charge in [-0.15, -0.1) is 0 Å². The zero-order chi connectivity index (χ0) is 20.6. The van der Waals surface area contributed by atoms with Gasteiger partial charge in [0.05, 0.1) is 18.1 Å². The van der Waals surface area contributed by atoms with Crippen LogP contribution in [-0.4, -0.2) is 53.1 Å². The molecule has 2 rings (SSSR count). The van der Waals surface area contributed by atoms with Crippen molar-refractivity contribution >= 4 is 15.9 Å². The van der Waals surface area contributed by atoms with E-state index >= 15 is 0 Å². The van der Waals surface area contributed by atoms with E-state index in [9.17, 15) is 13.2 Å². The van der Waals surface area contributed by atoms with Crippen molar-refractivity contribution in [1.29, 1.82) is 0 Å². The highest BCUT2D eigenvalue weighted by molar-refractivity contribution is 7.89. The second-order valence-corrected chi connectivity index (χ2v) is 7.92. The molecule has 0 heterocycles. The third-order valence-corrected chi connectivity index (χ3v) is 5.45. The molecule has 0 aliphatic rings. The Balaban J connectivity index is 2.08.